The predicted octanol–water partition coefficient (Wildman–Crippen LogP) is 18.9. The van der Waals surface area contributed by atoms with Crippen LogP contribution in [0.3, 0.4) is 0 Å². The minimum atomic E-state index is -0.373. The van der Waals surface area contributed by atoms with Crippen LogP contribution in [0.4, 0.5) is 48.6 Å². The Morgan fingerprint density at radius 3 is 1.21 bits per heavy atom. The molecule has 0 fully saturated rings. The molecule has 0 saturated heterocycles. The lowest BCUT2D eigenvalue weighted by atomic mass is 9.90. The third-order valence-electron chi connectivity index (χ3n) is 13.5. The first kappa shape index (κ1) is 43.4. The largest absolute Gasteiger partial charge is 0.319 e. The van der Waals surface area contributed by atoms with Crippen LogP contribution in [0.2, 0.25) is 0 Å². The van der Waals surface area contributed by atoms with E-state index in [1.807, 2.05) is 121 Å². The van der Waals surface area contributed by atoms with Gasteiger partial charge in [0.05, 0.1) is 34.9 Å². The fraction of sp³-hybridized carbons (Fsp3) is 0. The summed E-state index contributed by atoms with van der Waals surface area (Å²) in [4.78, 5) is 8.43. The van der Waals surface area contributed by atoms with E-state index >= 15 is 0 Å². The number of anilines is 6. The van der Waals surface area contributed by atoms with Crippen LogP contribution < -0.4 is 9.80 Å². The Morgan fingerprint density at radius 1 is 0.389 bits per heavy atom. The van der Waals surface area contributed by atoms with Crippen molar-refractivity contribution in [1.82, 2.24) is 0 Å². The molecule has 0 N–H and O–H groups in total. The fourth-order valence-corrected chi connectivity index (χ4v) is 10.3. The third-order valence-corrected chi connectivity index (χ3v) is 13.5. The molecule has 0 heterocycles. The van der Waals surface area contributed by atoms with Gasteiger partial charge in [0.25, 0.3) is 0 Å². The fourth-order valence-electron chi connectivity index (χ4n) is 10.3. The summed E-state index contributed by atoms with van der Waals surface area (Å²) in [7, 11) is 0. The zero-order valence-corrected chi connectivity index (χ0v) is 38.6. The number of nitrogens with zero attached hydrogens (tertiary/aromatic N) is 4. The SMILES string of the molecule is [C-]#[N+]c1cc(-c2ccccc2)cc(-c2ccccc2)c1N(c1ccc(F)cc1)c1ccc2ccc3c(N(c4ccc(F)cc4)c4c(C#N)cc(-c5ccccc5)cc4-c4ccccc4)ccc4ccc1c2c43. The normalized spacial score (nSPS) is 11.2. The van der Waals surface area contributed by atoms with Gasteiger partial charge in [-0.05, 0) is 145 Å². The monoisotopic (exact) mass is 926 g/mol. The molecule has 12 aromatic rings. The first-order valence-electron chi connectivity index (χ1n) is 23.6. The van der Waals surface area contributed by atoms with E-state index in [4.69, 9.17) is 6.57 Å². The summed E-state index contributed by atoms with van der Waals surface area (Å²) < 4.78 is 29.9. The molecule has 0 saturated carbocycles. The summed E-state index contributed by atoms with van der Waals surface area (Å²) in [6.07, 6.45) is 0. The second-order valence-corrected chi connectivity index (χ2v) is 17.7. The van der Waals surface area contributed by atoms with Crippen LogP contribution >= 0.6 is 0 Å². The Bertz CT molecular complexity index is 3790. The van der Waals surface area contributed by atoms with Crippen molar-refractivity contribution < 1.29 is 8.78 Å². The molecule has 338 valence electrons. The molecule has 0 amide bonds. The standard InChI is InChI=1S/C66H40F2N4/c1-70-60-41-50(44-16-8-3-9-17-44)40-59(46-20-12-5-13-21-46)66(60)72(55-32-28-53(68)29-33-55)62-37-25-48-22-34-56-61(36-24-47-23-35-57(62)64(48)63(47)56)71(54-30-26-52(67)27-31-54)65-51(42-69)38-49(43-14-6-2-7-15-43)39-58(65)45-18-10-4-11-19-45/h2-41H. The van der Waals surface area contributed by atoms with Crippen molar-refractivity contribution in [2.75, 3.05) is 9.80 Å². The number of hydrogen-bond acceptors (Lipinski definition) is 3. The van der Waals surface area contributed by atoms with Crippen LogP contribution in [0.5, 0.6) is 0 Å². The maximum atomic E-state index is 14.9. The Hall–Kier alpha value is -9.88. The Labute approximate surface area is 415 Å². The molecule has 0 spiro atoms. The maximum Gasteiger partial charge on any atom is 0.211 e. The second kappa shape index (κ2) is 18.2. The highest BCUT2D eigenvalue weighted by molar-refractivity contribution is 6.28. The van der Waals surface area contributed by atoms with Gasteiger partial charge in [-0.15, -0.1) is 0 Å². The van der Waals surface area contributed by atoms with Gasteiger partial charge in [0.15, 0.2) is 0 Å². The van der Waals surface area contributed by atoms with Gasteiger partial charge in [-0.3, -0.25) is 0 Å². The van der Waals surface area contributed by atoms with Crippen molar-refractivity contribution in [3.05, 3.63) is 271 Å². The van der Waals surface area contributed by atoms with Crippen molar-refractivity contribution in [2.24, 2.45) is 0 Å². The molecule has 12 aromatic carbocycles. The molecule has 0 atom stereocenters. The first-order chi connectivity index (χ1) is 35.4. The molecule has 72 heavy (non-hydrogen) atoms. The van der Waals surface area contributed by atoms with Gasteiger partial charge in [-0.2, -0.15) is 5.26 Å². The second-order valence-electron chi connectivity index (χ2n) is 17.7. The Kier molecular flexibility index (Phi) is 11.0. The molecule has 0 aliphatic rings. The number of rotatable bonds is 10. The molecule has 0 aliphatic heterocycles. The van der Waals surface area contributed by atoms with Crippen LogP contribution in [0.25, 0.3) is 81.7 Å². The van der Waals surface area contributed by atoms with E-state index in [-0.39, 0.29) is 11.6 Å². The van der Waals surface area contributed by atoms with E-state index < -0.39 is 0 Å². The lowest BCUT2D eigenvalue weighted by molar-refractivity contribution is 0.627. The number of hydrogen-bond donors (Lipinski definition) is 0. The molecular formula is C66H40F2N4. The van der Waals surface area contributed by atoms with E-state index in [0.717, 1.165) is 88.2 Å². The van der Waals surface area contributed by atoms with Gasteiger partial charge in [0.1, 0.15) is 17.7 Å². The Morgan fingerprint density at radius 2 is 0.778 bits per heavy atom. The maximum absolute atomic E-state index is 14.9. The van der Waals surface area contributed by atoms with Gasteiger partial charge in [0, 0.05) is 27.7 Å². The average molecular weight is 927 g/mol. The summed E-state index contributed by atoms with van der Waals surface area (Å²) in [5, 5.41) is 17.0. The lowest BCUT2D eigenvalue weighted by Crippen LogP contribution is -2.14. The molecule has 6 heteroatoms. The molecule has 0 aromatic heterocycles. The quantitative estimate of drug-likeness (QED) is 0.101. The topological polar surface area (TPSA) is 34.6 Å². The summed E-state index contributed by atoms with van der Waals surface area (Å²) >= 11 is 0. The molecule has 0 bridgehead atoms. The van der Waals surface area contributed by atoms with Crippen LogP contribution in [0.1, 0.15) is 5.56 Å². The minimum Gasteiger partial charge on any atom is -0.319 e. The van der Waals surface area contributed by atoms with Crippen LogP contribution in [0.15, 0.2) is 243 Å². The summed E-state index contributed by atoms with van der Waals surface area (Å²) in [6.45, 7) is 8.75. The van der Waals surface area contributed by atoms with Gasteiger partial charge in [0.2, 0.25) is 5.69 Å². The minimum absolute atomic E-state index is 0.370. The first-order valence-corrected chi connectivity index (χ1v) is 23.6. The zero-order chi connectivity index (χ0) is 48.7. The smallest absolute Gasteiger partial charge is 0.211 e. The molecule has 4 nitrogen and oxygen atoms in total. The van der Waals surface area contributed by atoms with Crippen molar-refractivity contribution in [3.63, 3.8) is 0 Å². The van der Waals surface area contributed by atoms with Crippen LogP contribution in [-0.2, 0) is 0 Å². The van der Waals surface area contributed by atoms with Crippen molar-refractivity contribution in [2.45, 2.75) is 0 Å². The predicted molar refractivity (Wildman–Crippen MR) is 292 cm³/mol. The third kappa shape index (κ3) is 7.61. The molecule has 12 rings (SSSR count). The Balaban J connectivity index is 1.14. The lowest BCUT2D eigenvalue weighted by Gasteiger charge is -2.32. The zero-order valence-electron chi connectivity index (χ0n) is 38.6. The van der Waals surface area contributed by atoms with Gasteiger partial charge >= 0.3 is 0 Å². The molecule has 0 radical (unpaired) electrons. The molecular weight excluding hydrogens is 887 g/mol. The van der Waals surface area contributed by atoms with Crippen LogP contribution in [0, 0.1) is 29.5 Å². The van der Waals surface area contributed by atoms with Gasteiger partial charge in [-0.1, -0.05) is 158 Å². The summed E-state index contributed by atoms with van der Waals surface area (Å²) in [5.74, 6) is -0.743. The average Bonchev–Trinajstić information content (AvgIpc) is 3.45. The highest BCUT2D eigenvalue weighted by atomic mass is 19.1. The van der Waals surface area contributed by atoms with E-state index in [2.05, 4.69) is 93.5 Å². The van der Waals surface area contributed by atoms with E-state index in [1.54, 1.807) is 24.3 Å². The van der Waals surface area contributed by atoms with Crippen molar-refractivity contribution >= 4 is 72.1 Å². The van der Waals surface area contributed by atoms with Crippen molar-refractivity contribution in [1.29, 1.82) is 5.26 Å². The van der Waals surface area contributed by atoms with Gasteiger partial charge in [-0.25, -0.2) is 13.6 Å². The van der Waals surface area contributed by atoms with Crippen LogP contribution in [-0.4, -0.2) is 0 Å². The van der Waals surface area contributed by atoms with E-state index in [9.17, 15) is 14.0 Å². The highest BCUT2D eigenvalue weighted by Crippen LogP contribution is 2.53. The highest BCUT2D eigenvalue weighted by Gasteiger charge is 2.28. The molecule has 0 unspecified atom stereocenters. The van der Waals surface area contributed by atoms with E-state index in [1.165, 1.54) is 24.3 Å². The number of benzene rings is 12. The summed E-state index contributed by atoms with van der Waals surface area (Å²) in [5.41, 5.74) is 12.4. The molecule has 0 aliphatic carbocycles. The van der Waals surface area contributed by atoms with E-state index in [0.29, 0.717) is 34.0 Å². The van der Waals surface area contributed by atoms with Crippen molar-refractivity contribution in [3.8, 4) is 50.6 Å². The van der Waals surface area contributed by atoms with Gasteiger partial charge < -0.3 is 9.80 Å². The number of halogens is 2. The number of nitriles is 1. The summed E-state index contributed by atoms with van der Waals surface area (Å²) in [6, 6.07) is 80.7.